The number of alkyl halides is 1. The van der Waals surface area contributed by atoms with Crippen molar-refractivity contribution in [3.63, 3.8) is 0 Å². The average molecular weight is 579 g/mol. The number of sulfonamides is 1. The molecule has 0 saturated carbocycles. The number of anilines is 2. The van der Waals surface area contributed by atoms with Gasteiger partial charge in [-0.1, -0.05) is 12.7 Å². The molecule has 3 N–H and O–H groups in total. The second-order valence-electron chi connectivity index (χ2n) is 9.24. The van der Waals surface area contributed by atoms with Gasteiger partial charge in [0.2, 0.25) is 21.9 Å². The topological polar surface area (TPSA) is 127 Å². The first kappa shape index (κ1) is 27.4. The molecule has 0 bridgehead atoms. The molecule has 2 saturated heterocycles. The van der Waals surface area contributed by atoms with Crippen LogP contribution in [-0.4, -0.2) is 67.1 Å². The fourth-order valence-electron chi connectivity index (χ4n) is 4.41. The zero-order chi connectivity index (χ0) is 27.6. The predicted octanol–water partition coefficient (Wildman–Crippen LogP) is 4.13. The second kappa shape index (κ2) is 11.5. The normalized spacial score (nSPS) is 21.5. The van der Waals surface area contributed by atoms with Crippen molar-refractivity contribution in [1.29, 1.82) is 0 Å². The summed E-state index contributed by atoms with van der Waals surface area (Å²) in [7, 11) is -3.78. The first-order valence-electron chi connectivity index (χ1n) is 12.4. The number of halogens is 2. The van der Waals surface area contributed by atoms with Gasteiger partial charge in [0.1, 0.15) is 16.3 Å². The van der Waals surface area contributed by atoms with Crippen molar-refractivity contribution in [3.8, 4) is 22.2 Å². The number of rotatable bonds is 9. The van der Waals surface area contributed by atoms with Gasteiger partial charge < -0.3 is 20.1 Å². The van der Waals surface area contributed by atoms with E-state index in [0.29, 0.717) is 54.1 Å². The van der Waals surface area contributed by atoms with Crippen molar-refractivity contribution in [2.75, 3.05) is 36.3 Å². The van der Waals surface area contributed by atoms with Crippen molar-refractivity contribution >= 4 is 39.1 Å². The van der Waals surface area contributed by atoms with Crippen LogP contribution in [0, 0.1) is 12.7 Å². The molecule has 0 amide bonds. The van der Waals surface area contributed by atoms with E-state index in [2.05, 4.69) is 36.9 Å². The Kier molecular flexibility index (Phi) is 8.07. The Hall–Kier alpha value is -3.20. The lowest BCUT2D eigenvalue weighted by atomic mass is 10.1. The summed E-state index contributed by atoms with van der Waals surface area (Å²) in [5.74, 6) is -0.483. The summed E-state index contributed by atoms with van der Waals surface area (Å²) >= 11 is 1.31. The molecule has 2 aromatic heterocycles. The van der Waals surface area contributed by atoms with Gasteiger partial charge in [0, 0.05) is 43.9 Å². The molecule has 2 fully saturated rings. The lowest BCUT2D eigenvalue weighted by molar-refractivity contribution is 0.198. The minimum Gasteiger partial charge on any atom is -0.434 e. The number of hydrogen-bond acceptors (Lipinski definition) is 10. The van der Waals surface area contributed by atoms with Crippen LogP contribution in [0.4, 0.5) is 20.4 Å². The minimum atomic E-state index is -3.78. The number of nitrogens with one attached hydrogen (secondary N) is 3. The van der Waals surface area contributed by atoms with Gasteiger partial charge in [-0.25, -0.2) is 32.2 Å². The van der Waals surface area contributed by atoms with Gasteiger partial charge in [-0.15, -0.1) is 11.3 Å². The molecular weight excluding hydrogens is 550 g/mol. The Morgan fingerprint density at radius 2 is 2.13 bits per heavy atom. The smallest absolute Gasteiger partial charge is 0.240 e. The molecule has 10 nitrogen and oxygen atoms in total. The third kappa shape index (κ3) is 6.19. The van der Waals surface area contributed by atoms with Crippen LogP contribution in [0.3, 0.4) is 0 Å². The molecule has 208 valence electrons. The third-order valence-electron chi connectivity index (χ3n) is 6.36. The Bertz CT molecular complexity index is 1460. The third-order valence-corrected chi connectivity index (χ3v) is 9.08. The molecule has 5 rings (SSSR count). The van der Waals surface area contributed by atoms with Gasteiger partial charge >= 0.3 is 0 Å². The standard InChI is InChI=1S/C25H28F2N6O4S2/c1-3-18-19(33-39(34,35)17-7-9-36-13-17)4-5-21(22(18)27)37-24-23(38-14(2)30-24)20-6-8-29-25(32-20)31-16-10-15(26)11-28-12-16/h3-6,8,15-17,28,33H,1,7,9-13H2,2H3,(H,29,31,32)/t15-,16-,17-/m0/s1. The highest BCUT2D eigenvalue weighted by molar-refractivity contribution is 7.93. The van der Waals surface area contributed by atoms with E-state index < -0.39 is 27.3 Å². The van der Waals surface area contributed by atoms with Crippen molar-refractivity contribution in [3.05, 3.63) is 47.4 Å². The van der Waals surface area contributed by atoms with Gasteiger partial charge in [-0.2, -0.15) is 0 Å². The maximum atomic E-state index is 15.5. The number of benzene rings is 1. The Morgan fingerprint density at radius 3 is 2.87 bits per heavy atom. The number of thiazole rings is 1. The summed E-state index contributed by atoms with van der Waals surface area (Å²) in [5.41, 5.74) is 0.501. The Labute approximate surface area is 228 Å². The number of aromatic nitrogens is 3. The van der Waals surface area contributed by atoms with Crippen molar-refractivity contribution < 1.29 is 26.7 Å². The van der Waals surface area contributed by atoms with Crippen LogP contribution in [0.1, 0.15) is 23.4 Å². The molecule has 2 aliphatic rings. The molecule has 0 unspecified atom stereocenters. The van der Waals surface area contributed by atoms with E-state index in [9.17, 15) is 12.8 Å². The number of aryl methyl sites for hydroxylation is 1. The van der Waals surface area contributed by atoms with E-state index in [4.69, 9.17) is 9.47 Å². The molecule has 14 heteroatoms. The monoisotopic (exact) mass is 578 g/mol. The quantitative estimate of drug-likeness (QED) is 0.344. The molecule has 0 radical (unpaired) electrons. The van der Waals surface area contributed by atoms with Gasteiger partial charge in [-0.05, 0) is 31.5 Å². The zero-order valence-electron chi connectivity index (χ0n) is 21.1. The van der Waals surface area contributed by atoms with Gasteiger partial charge in [-0.3, -0.25) is 4.72 Å². The summed E-state index contributed by atoms with van der Waals surface area (Å²) in [6, 6.07) is 4.27. The van der Waals surface area contributed by atoms with Crippen molar-refractivity contribution in [1.82, 2.24) is 20.3 Å². The summed E-state index contributed by atoms with van der Waals surface area (Å²) in [6.45, 7) is 6.78. The molecule has 1 aromatic carbocycles. The largest absolute Gasteiger partial charge is 0.434 e. The maximum Gasteiger partial charge on any atom is 0.240 e. The lowest BCUT2D eigenvalue weighted by Crippen LogP contribution is -2.44. The predicted molar refractivity (Wildman–Crippen MR) is 146 cm³/mol. The van der Waals surface area contributed by atoms with Crippen LogP contribution in [-0.2, 0) is 14.8 Å². The van der Waals surface area contributed by atoms with E-state index in [0.717, 1.165) is 0 Å². The van der Waals surface area contributed by atoms with Crippen LogP contribution in [0.25, 0.3) is 16.6 Å². The number of hydrogen-bond donors (Lipinski definition) is 3. The molecule has 3 aromatic rings. The van der Waals surface area contributed by atoms with Crippen LogP contribution in [0.2, 0.25) is 0 Å². The fourth-order valence-corrected chi connectivity index (χ4v) is 6.56. The molecule has 2 aliphatic heterocycles. The van der Waals surface area contributed by atoms with E-state index in [-0.39, 0.29) is 35.5 Å². The highest BCUT2D eigenvalue weighted by Gasteiger charge is 2.31. The van der Waals surface area contributed by atoms with Crippen molar-refractivity contribution in [2.24, 2.45) is 0 Å². The van der Waals surface area contributed by atoms with Crippen LogP contribution in [0.15, 0.2) is 31.0 Å². The van der Waals surface area contributed by atoms with Gasteiger partial charge in [0.15, 0.2) is 11.6 Å². The maximum absolute atomic E-state index is 15.5. The molecule has 4 heterocycles. The summed E-state index contributed by atoms with van der Waals surface area (Å²) in [6.07, 6.45) is 2.56. The average Bonchev–Trinajstić information content (AvgIpc) is 3.57. The second-order valence-corrected chi connectivity index (χ2v) is 12.4. The molecule has 0 spiro atoms. The first-order chi connectivity index (χ1) is 18.7. The summed E-state index contributed by atoms with van der Waals surface area (Å²) in [5, 5.41) is 6.13. The zero-order valence-corrected chi connectivity index (χ0v) is 22.7. The minimum absolute atomic E-state index is 0.0515. The highest BCUT2D eigenvalue weighted by atomic mass is 32.2. The van der Waals surface area contributed by atoms with E-state index in [1.165, 1.54) is 29.5 Å². The SMILES string of the molecule is C=Cc1c(NS(=O)(=O)[C@H]2CCOC2)ccc(Oc2nc(C)sc2-c2ccnc(N[C@@H]3CNC[C@@H](F)C3)n2)c1F. The van der Waals surface area contributed by atoms with Crippen molar-refractivity contribution in [2.45, 2.75) is 37.2 Å². The fraction of sp³-hybridized carbons (Fsp3) is 0.400. The number of ether oxygens (including phenoxy) is 2. The summed E-state index contributed by atoms with van der Waals surface area (Å²) in [4.78, 5) is 13.7. The Balaban J connectivity index is 1.39. The molecule has 3 atom stereocenters. The van der Waals surface area contributed by atoms with E-state index >= 15 is 4.39 Å². The first-order valence-corrected chi connectivity index (χ1v) is 14.7. The molecule has 0 aliphatic carbocycles. The highest BCUT2D eigenvalue weighted by Crippen LogP contribution is 2.39. The van der Waals surface area contributed by atoms with Crippen LogP contribution >= 0.6 is 11.3 Å². The lowest BCUT2D eigenvalue weighted by Gasteiger charge is -2.26. The number of piperidine rings is 1. The van der Waals surface area contributed by atoms with Gasteiger partial charge in [0.25, 0.3) is 0 Å². The van der Waals surface area contributed by atoms with E-state index in [1.54, 1.807) is 19.2 Å². The van der Waals surface area contributed by atoms with Crippen LogP contribution < -0.4 is 20.1 Å². The molecule has 39 heavy (non-hydrogen) atoms. The Morgan fingerprint density at radius 1 is 1.28 bits per heavy atom. The van der Waals surface area contributed by atoms with E-state index in [1.807, 2.05) is 0 Å². The summed E-state index contributed by atoms with van der Waals surface area (Å²) < 4.78 is 68.2. The molecular formula is C25H28F2N6O4S2. The van der Waals surface area contributed by atoms with Crippen LogP contribution in [0.5, 0.6) is 11.6 Å². The van der Waals surface area contributed by atoms with Gasteiger partial charge in [0.05, 0.1) is 23.0 Å². The number of nitrogens with zero attached hydrogens (tertiary/aromatic N) is 3.